The number of hydrogen-bond acceptors (Lipinski definition) is 2. The highest BCUT2D eigenvalue weighted by atomic mass is 35.5. The van der Waals surface area contributed by atoms with E-state index in [4.69, 9.17) is 16.3 Å². The van der Waals surface area contributed by atoms with Gasteiger partial charge in [0, 0.05) is 18.1 Å². The van der Waals surface area contributed by atoms with Gasteiger partial charge in [-0.25, -0.2) is 4.79 Å². The van der Waals surface area contributed by atoms with Crippen molar-refractivity contribution in [1.29, 1.82) is 0 Å². The van der Waals surface area contributed by atoms with E-state index in [9.17, 15) is 4.79 Å². The lowest BCUT2D eigenvalue weighted by molar-refractivity contribution is 0.238. The van der Waals surface area contributed by atoms with Crippen LogP contribution in [0.5, 0.6) is 5.75 Å². The summed E-state index contributed by atoms with van der Waals surface area (Å²) in [5, 5.41) is 6.26. The third kappa shape index (κ3) is 5.46. The third-order valence-corrected chi connectivity index (χ3v) is 4.03. The van der Waals surface area contributed by atoms with Crippen LogP contribution in [0.2, 0.25) is 5.02 Å². The van der Waals surface area contributed by atoms with E-state index in [1.807, 2.05) is 50.2 Å². The summed E-state index contributed by atoms with van der Waals surface area (Å²) >= 11 is 6.05. The summed E-state index contributed by atoms with van der Waals surface area (Å²) < 4.78 is 5.81. The molecule has 128 valence electrons. The van der Waals surface area contributed by atoms with Crippen molar-refractivity contribution in [3.63, 3.8) is 0 Å². The maximum Gasteiger partial charge on any atom is 0.315 e. The normalized spacial score (nSPS) is 10.3. The molecule has 0 saturated heterocycles. The van der Waals surface area contributed by atoms with Crippen molar-refractivity contribution in [2.45, 2.75) is 26.8 Å². The molecule has 0 radical (unpaired) electrons. The van der Waals surface area contributed by atoms with Crippen molar-refractivity contribution in [2.75, 3.05) is 13.2 Å². The van der Waals surface area contributed by atoms with E-state index in [0.29, 0.717) is 24.7 Å². The highest BCUT2D eigenvalue weighted by Gasteiger charge is 2.04. The molecule has 0 fully saturated rings. The van der Waals surface area contributed by atoms with Crippen molar-refractivity contribution in [3.05, 3.63) is 64.2 Å². The maximum atomic E-state index is 11.8. The summed E-state index contributed by atoms with van der Waals surface area (Å²) in [6.07, 6.45) is 0.743. The molecule has 0 bridgehead atoms. The summed E-state index contributed by atoms with van der Waals surface area (Å²) in [7, 11) is 0. The number of rotatable bonds is 7. The van der Waals surface area contributed by atoms with E-state index in [1.165, 1.54) is 0 Å². The molecule has 0 spiro atoms. The van der Waals surface area contributed by atoms with Crippen LogP contribution in [0.1, 0.15) is 23.1 Å². The number of halogens is 1. The van der Waals surface area contributed by atoms with Crippen LogP contribution < -0.4 is 15.4 Å². The predicted molar refractivity (Wildman–Crippen MR) is 97.7 cm³/mol. The standard InChI is InChI=1S/C19H23ClN2O2/c1-14-7-5-8-15(2)18(14)24-12-6-11-21-19(23)22-13-16-9-3-4-10-17(16)20/h3-5,7-10H,6,11-13H2,1-2H3,(H2,21,22,23). The van der Waals surface area contributed by atoms with E-state index in [-0.39, 0.29) is 6.03 Å². The van der Waals surface area contributed by atoms with Crippen LogP contribution in [-0.2, 0) is 6.54 Å². The second kappa shape index (κ2) is 9.18. The van der Waals surface area contributed by atoms with Gasteiger partial charge in [0.15, 0.2) is 0 Å². The van der Waals surface area contributed by atoms with E-state index in [1.54, 1.807) is 6.07 Å². The number of para-hydroxylation sites is 1. The van der Waals surface area contributed by atoms with Crippen LogP contribution in [0.15, 0.2) is 42.5 Å². The lowest BCUT2D eigenvalue weighted by Gasteiger charge is -2.12. The molecule has 2 aromatic rings. The van der Waals surface area contributed by atoms with Gasteiger partial charge in [-0.2, -0.15) is 0 Å². The number of carbonyl (C=O) groups is 1. The second-order valence-corrected chi connectivity index (χ2v) is 6.03. The molecule has 0 heterocycles. The molecule has 2 amide bonds. The van der Waals surface area contributed by atoms with E-state index < -0.39 is 0 Å². The lowest BCUT2D eigenvalue weighted by Crippen LogP contribution is -2.36. The SMILES string of the molecule is Cc1cccc(C)c1OCCCNC(=O)NCc1ccccc1Cl. The summed E-state index contributed by atoms with van der Waals surface area (Å²) in [4.78, 5) is 11.8. The molecule has 5 heteroatoms. The number of carbonyl (C=O) groups excluding carboxylic acids is 1. The van der Waals surface area contributed by atoms with Gasteiger partial charge in [0.2, 0.25) is 0 Å². The Hall–Kier alpha value is -2.20. The van der Waals surface area contributed by atoms with Gasteiger partial charge in [-0.15, -0.1) is 0 Å². The average molecular weight is 347 g/mol. The Labute approximate surface area is 148 Å². The molecule has 2 aromatic carbocycles. The predicted octanol–water partition coefficient (Wildman–Crippen LogP) is 4.23. The van der Waals surface area contributed by atoms with Crippen LogP contribution >= 0.6 is 11.6 Å². The molecule has 2 N–H and O–H groups in total. The van der Waals surface area contributed by atoms with E-state index >= 15 is 0 Å². The summed E-state index contributed by atoms with van der Waals surface area (Å²) in [6, 6.07) is 13.3. The summed E-state index contributed by atoms with van der Waals surface area (Å²) in [6.45, 7) is 5.59. The number of hydrogen-bond donors (Lipinski definition) is 2. The molecule has 0 aliphatic carbocycles. The molecule has 0 aliphatic rings. The molecule has 24 heavy (non-hydrogen) atoms. The van der Waals surface area contributed by atoms with Crippen LogP contribution in [0.3, 0.4) is 0 Å². The first-order valence-corrected chi connectivity index (χ1v) is 8.40. The van der Waals surface area contributed by atoms with Gasteiger partial charge in [0.1, 0.15) is 5.75 Å². The molecule has 4 nitrogen and oxygen atoms in total. The Kier molecular flexibility index (Phi) is 6.94. The first-order chi connectivity index (χ1) is 11.6. The van der Waals surface area contributed by atoms with Crippen LogP contribution in [0.4, 0.5) is 4.79 Å². The average Bonchev–Trinajstić information content (AvgIpc) is 2.56. The highest BCUT2D eigenvalue weighted by Crippen LogP contribution is 2.22. The number of amides is 2. The largest absolute Gasteiger partial charge is 0.493 e. The highest BCUT2D eigenvalue weighted by molar-refractivity contribution is 6.31. The monoisotopic (exact) mass is 346 g/mol. The van der Waals surface area contributed by atoms with Gasteiger partial charge in [0.25, 0.3) is 0 Å². The number of aryl methyl sites for hydroxylation is 2. The van der Waals surface area contributed by atoms with Crippen LogP contribution in [-0.4, -0.2) is 19.2 Å². The Balaban J connectivity index is 1.64. The Bertz CT molecular complexity index is 669. The molecule has 0 atom stereocenters. The van der Waals surface area contributed by atoms with Gasteiger partial charge in [-0.05, 0) is 43.0 Å². The Morgan fingerprint density at radius 1 is 1.04 bits per heavy atom. The van der Waals surface area contributed by atoms with E-state index in [2.05, 4.69) is 10.6 Å². The fourth-order valence-electron chi connectivity index (χ4n) is 2.35. The molecule has 0 saturated carbocycles. The summed E-state index contributed by atoms with van der Waals surface area (Å²) in [5.41, 5.74) is 3.15. The topological polar surface area (TPSA) is 50.4 Å². The number of ether oxygens (including phenoxy) is 1. The van der Waals surface area contributed by atoms with Gasteiger partial charge in [0.05, 0.1) is 6.61 Å². The van der Waals surface area contributed by atoms with Crippen LogP contribution in [0, 0.1) is 13.8 Å². The Morgan fingerprint density at radius 2 is 1.75 bits per heavy atom. The molecule has 0 aliphatic heterocycles. The van der Waals surface area contributed by atoms with Crippen molar-refractivity contribution in [3.8, 4) is 5.75 Å². The van der Waals surface area contributed by atoms with Crippen molar-refractivity contribution in [1.82, 2.24) is 10.6 Å². The molecule has 2 rings (SSSR count). The lowest BCUT2D eigenvalue weighted by atomic mass is 10.1. The zero-order valence-corrected chi connectivity index (χ0v) is 14.8. The molecule has 0 aromatic heterocycles. The molecular formula is C19H23ClN2O2. The van der Waals surface area contributed by atoms with Gasteiger partial charge >= 0.3 is 6.03 Å². The number of benzene rings is 2. The maximum absolute atomic E-state index is 11.8. The van der Waals surface area contributed by atoms with Crippen molar-refractivity contribution < 1.29 is 9.53 Å². The number of urea groups is 1. The van der Waals surface area contributed by atoms with Gasteiger partial charge < -0.3 is 15.4 Å². The molecular weight excluding hydrogens is 324 g/mol. The quantitative estimate of drug-likeness (QED) is 0.737. The minimum atomic E-state index is -0.206. The first-order valence-electron chi connectivity index (χ1n) is 8.02. The minimum Gasteiger partial charge on any atom is -0.493 e. The fraction of sp³-hybridized carbons (Fsp3) is 0.316. The zero-order valence-electron chi connectivity index (χ0n) is 14.1. The summed E-state index contributed by atoms with van der Waals surface area (Å²) in [5.74, 6) is 0.931. The van der Waals surface area contributed by atoms with Crippen molar-refractivity contribution >= 4 is 17.6 Å². The minimum absolute atomic E-state index is 0.206. The number of nitrogens with one attached hydrogen (secondary N) is 2. The van der Waals surface area contributed by atoms with E-state index in [0.717, 1.165) is 28.9 Å². The smallest absolute Gasteiger partial charge is 0.315 e. The van der Waals surface area contributed by atoms with Gasteiger partial charge in [-0.3, -0.25) is 0 Å². The second-order valence-electron chi connectivity index (χ2n) is 5.62. The van der Waals surface area contributed by atoms with Crippen LogP contribution in [0.25, 0.3) is 0 Å². The Morgan fingerprint density at radius 3 is 2.46 bits per heavy atom. The van der Waals surface area contributed by atoms with Gasteiger partial charge in [-0.1, -0.05) is 48.0 Å². The first kappa shape index (κ1) is 18.1. The fourth-order valence-corrected chi connectivity index (χ4v) is 2.56. The third-order valence-electron chi connectivity index (χ3n) is 3.66. The van der Waals surface area contributed by atoms with Crippen molar-refractivity contribution in [2.24, 2.45) is 0 Å². The zero-order chi connectivity index (χ0) is 17.4. The molecule has 0 unspecified atom stereocenters.